The normalized spacial score (nSPS) is 14.8. The van der Waals surface area contributed by atoms with E-state index in [0.717, 1.165) is 24.6 Å². The zero-order chi connectivity index (χ0) is 11.4. The Bertz CT molecular complexity index is 360. The van der Waals surface area contributed by atoms with Gasteiger partial charge in [0, 0.05) is 25.3 Å². The van der Waals surface area contributed by atoms with E-state index in [1.807, 2.05) is 19.3 Å². The highest BCUT2D eigenvalue weighted by molar-refractivity contribution is 5.40. The molecule has 2 rings (SSSR count). The van der Waals surface area contributed by atoms with Crippen molar-refractivity contribution >= 4 is 5.82 Å². The zero-order valence-corrected chi connectivity index (χ0v) is 9.69. The first-order valence-electron chi connectivity index (χ1n) is 5.68. The number of hydrogen-bond acceptors (Lipinski definition) is 4. The Morgan fingerprint density at radius 1 is 1.56 bits per heavy atom. The Hall–Kier alpha value is -1.42. The Kier molecular flexibility index (Phi) is 3.51. The third-order valence-corrected chi connectivity index (χ3v) is 2.64. The topological polar surface area (TPSA) is 41.1 Å². The van der Waals surface area contributed by atoms with Crippen LogP contribution in [0.3, 0.4) is 0 Å². The Morgan fingerprint density at radius 3 is 3.00 bits per heavy atom. The molecule has 1 fully saturated rings. The molecule has 1 aliphatic carbocycles. The number of hydrogen-bond donors (Lipinski definition) is 1. The highest BCUT2D eigenvalue weighted by atomic mass is 15.2. The lowest BCUT2D eigenvalue weighted by atomic mass is 10.4. The minimum atomic E-state index is 0.636. The second-order valence-electron chi connectivity index (χ2n) is 4.07. The summed E-state index contributed by atoms with van der Waals surface area (Å²) >= 11 is 0. The van der Waals surface area contributed by atoms with Crippen molar-refractivity contribution in [2.24, 2.45) is 0 Å². The highest BCUT2D eigenvalue weighted by Gasteiger charge is 2.29. The largest absolute Gasteiger partial charge is 0.349 e. The van der Waals surface area contributed by atoms with Crippen molar-refractivity contribution in [3.63, 3.8) is 0 Å². The van der Waals surface area contributed by atoms with Gasteiger partial charge in [-0.25, -0.2) is 4.98 Å². The van der Waals surface area contributed by atoms with Crippen molar-refractivity contribution in [2.75, 3.05) is 18.5 Å². The first-order chi connectivity index (χ1) is 7.85. The summed E-state index contributed by atoms with van der Waals surface area (Å²) < 4.78 is 0. The fourth-order valence-corrected chi connectivity index (χ4v) is 1.75. The molecule has 0 radical (unpaired) electrons. The maximum Gasteiger partial charge on any atom is 0.147 e. The third kappa shape index (κ3) is 2.58. The van der Waals surface area contributed by atoms with Crippen LogP contribution >= 0.6 is 0 Å². The molecule has 0 bridgehead atoms. The van der Waals surface area contributed by atoms with E-state index in [1.54, 1.807) is 6.20 Å². The molecular formula is C12H18N4. The second kappa shape index (κ2) is 5.07. The van der Waals surface area contributed by atoms with Crippen molar-refractivity contribution < 1.29 is 0 Å². The molecule has 1 saturated carbocycles. The molecule has 0 aromatic carbocycles. The molecule has 86 valence electrons. The van der Waals surface area contributed by atoms with Gasteiger partial charge in [-0.05, 0) is 19.9 Å². The van der Waals surface area contributed by atoms with Crippen LogP contribution in [0.15, 0.2) is 25.0 Å². The fraction of sp³-hybridized carbons (Fsp3) is 0.500. The summed E-state index contributed by atoms with van der Waals surface area (Å²) in [7, 11) is 1.91. The van der Waals surface area contributed by atoms with Gasteiger partial charge in [0.25, 0.3) is 0 Å². The van der Waals surface area contributed by atoms with Gasteiger partial charge in [0.1, 0.15) is 5.82 Å². The lowest BCUT2D eigenvalue weighted by Crippen LogP contribution is -2.27. The van der Waals surface area contributed by atoms with E-state index in [1.165, 1.54) is 12.8 Å². The molecule has 1 aliphatic rings. The van der Waals surface area contributed by atoms with Crippen molar-refractivity contribution in [1.29, 1.82) is 0 Å². The maximum absolute atomic E-state index is 4.60. The predicted molar refractivity (Wildman–Crippen MR) is 65.4 cm³/mol. The van der Waals surface area contributed by atoms with Gasteiger partial charge in [0.15, 0.2) is 0 Å². The maximum atomic E-state index is 4.60. The molecule has 16 heavy (non-hydrogen) atoms. The summed E-state index contributed by atoms with van der Waals surface area (Å²) in [5.41, 5.74) is 0.981. The first-order valence-corrected chi connectivity index (χ1v) is 5.68. The Morgan fingerprint density at radius 2 is 2.38 bits per heavy atom. The molecule has 0 amide bonds. The number of anilines is 1. The number of nitrogens with one attached hydrogen (secondary N) is 1. The van der Waals surface area contributed by atoms with E-state index < -0.39 is 0 Å². The van der Waals surface area contributed by atoms with Gasteiger partial charge in [0.2, 0.25) is 0 Å². The van der Waals surface area contributed by atoms with Gasteiger partial charge in [-0.1, -0.05) is 6.08 Å². The van der Waals surface area contributed by atoms with Gasteiger partial charge in [0.05, 0.1) is 11.9 Å². The molecule has 1 aromatic heterocycles. The molecular weight excluding hydrogens is 200 g/mol. The molecule has 1 N–H and O–H groups in total. The standard InChI is InChI=1S/C12H18N4/c1-3-6-16(11-4-5-11)12-9-14-8-10(15-12)7-13-2/h3,8-9,11,13H,1,4-7H2,2H3. The summed E-state index contributed by atoms with van der Waals surface area (Å²) in [4.78, 5) is 11.1. The van der Waals surface area contributed by atoms with Crippen molar-refractivity contribution in [2.45, 2.75) is 25.4 Å². The van der Waals surface area contributed by atoms with Crippen LogP contribution in [0.4, 0.5) is 5.82 Å². The van der Waals surface area contributed by atoms with E-state index in [2.05, 4.69) is 26.8 Å². The van der Waals surface area contributed by atoms with Crippen LogP contribution in [0.2, 0.25) is 0 Å². The van der Waals surface area contributed by atoms with Gasteiger partial charge in [-0.2, -0.15) is 0 Å². The monoisotopic (exact) mass is 218 g/mol. The van der Waals surface area contributed by atoms with Crippen LogP contribution in [0.1, 0.15) is 18.5 Å². The van der Waals surface area contributed by atoms with E-state index in [4.69, 9.17) is 0 Å². The van der Waals surface area contributed by atoms with Crippen LogP contribution in [0.25, 0.3) is 0 Å². The lowest BCUT2D eigenvalue weighted by molar-refractivity contribution is 0.767. The summed E-state index contributed by atoms with van der Waals surface area (Å²) in [6.45, 7) is 5.40. The number of nitrogens with zero attached hydrogens (tertiary/aromatic N) is 3. The van der Waals surface area contributed by atoms with Crippen molar-refractivity contribution in [3.8, 4) is 0 Å². The lowest BCUT2D eigenvalue weighted by Gasteiger charge is -2.21. The molecule has 4 heteroatoms. The van der Waals surface area contributed by atoms with Crippen LogP contribution in [0, 0.1) is 0 Å². The molecule has 4 nitrogen and oxygen atoms in total. The minimum absolute atomic E-state index is 0.636. The van der Waals surface area contributed by atoms with E-state index >= 15 is 0 Å². The van der Waals surface area contributed by atoms with Gasteiger partial charge >= 0.3 is 0 Å². The molecule has 0 aliphatic heterocycles. The first kappa shape index (κ1) is 11.1. The number of rotatable bonds is 6. The van der Waals surface area contributed by atoms with Crippen LogP contribution < -0.4 is 10.2 Å². The van der Waals surface area contributed by atoms with Crippen molar-refractivity contribution in [3.05, 3.63) is 30.7 Å². The van der Waals surface area contributed by atoms with Gasteiger partial charge in [-0.3, -0.25) is 4.98 Å². The fourth-order valence-electron chi connectivity index (χ4n) is 1.75. The van der Waals surface area contributed by atoms with E-state index in [0.29, 0.717) is 6.04 Å². The third-order valence-electron chi connectivity index (χ3n) is 2.64. The number of aromatic nitrogens is 2. The molecule has 1 aromatic rings. The Labute approximate surface area is 96.4 Å². The average molecular weight is 218 g/mol. The average Bonchev–Trinajstić information content (AvgIpc) is 3.11. The smallest absolute Gasteiger partial charge is 0.147 e. The minimum Gasteiger partial charge on any atom is -0.349 e. The molecule has 1 heterocycles. The van der Waals surface area contributed by atoms with E-state index in [9.17, 15) is 0 Å². The van der Waals surface area contributed by atoms with Gasteiger partial charge < -0.3 is 10.2 Å². The Balaban J connectivity index is 2.15. The highest BCUT2D eigenvalue weighted by Crippen LogP contribution is 2.30. The van der Waals surface area contributed by atoms with Crippen LogP contribution in [-0.4, -0.2) is 29.6 Å². The molecule has 0 atom stereocenters. The summed E-state index contributed by atoms with van der Waals surface area (Å²) in [6.07, 6.45) is 8.07. The quantitative estimate of drug-likeness (QED) is 0.732. The summed E-state index contributed by atoms with van der Waals surface area (Å²) in [6, 6.07) is 0.636. The molecule has 0 unspecified atom stereocenters. The van der Waals surface area contributed by atoms with Crippen molar-refractivity contribution in [1.82, 2.24) is 15.3 Å². The SMILES string of the molecule is C=CCN(c1cncc(CNC)n1)C1CC1. The summed E-state index contributed by atoms with van der Waals surface area (Å²) in [5, 5.41) is 3.09. The van der Waals surface area contributed by atoms with E-state index in [-0.39, 0.29) is 0 Å². The zero-order valence-electron chi connectivity index (χ0n) is 9.69. The predicted octanol–water partition coefficient (Wildman–Crippen LogP) is 1.35. The summed E-state index contributed by atoms with van der Waals surface area (Å²) in [5.74, 6) is 0.968. The van der Waals surface area contributed by atoms with Crippen LogP contribution in [-0.2, 0) is 6.54 Å². The molecule has 0 spiro atoms. The van der Waals surface area contributed by atoms with Gasteiger partial charge in [-0.15, -0.1) is 6.58 Å². The van der Waals surface area contributed by atoms with Crippen LogP contribution in [0.5, 0.6) is 0 Å². The molecule has 0 saturated heterocycles. The second-order valence-corrected chi connectivity index (χ2v) is 4.07.